The van der Waals surface area contributed by atoms with Crippen LogP contribution in [-0.2, 0) is 6.42 Å². The standard InChI is InChI=1S/C24H22FN3O/c1-16-5-6-18-12-22-17(15-27-28(22)20-9-7-19(25)8-10-20)14-24(18,13-16)23(29)21-4-2-3-11-26-21/h2-4,7-12,15-16H,5-6,13-14H2,1H3/t16-,24+/m0/s1. The molecule has 0 N–H and O–H groups in total. The molecular weight excluding hydrogens is 365 g/mol. The molecule has 2 atom stereocenters. The largest absolute Gasteiger partial charge is 0.291 e. The Morgan fingerprint density at radius 1 is 1.21 bits per heavy atom. The monoisotopic (exact) mass is 387 g/mol. The van der Waals surface area contributed by atoms with Crippen LogP contribution in [0.15, 0.2) is 60.4 Å². The maximum Gasteiger partial charge on any atom is 0.191 e. The number of allylic oxidation sites excluding steroid dienone is 1. The zero-order valence-electron chi connectivity index (χ0n) is 16.3. The number of carbonyl (C=O) groups excluding carboxylic acids is 1. The molecule has 2 aliphatic rings. The number of halogens is 1. The highest BCUT2D eigenvalue weighted by molar-refractivity contribution is 6.02. The Kier molecular flexibility index (Phi) is 4.19. The fraction of sp³-hybridized carbons (Fsp3) is 0.292. The smallest absolute Gasteiger partial charge is 0.191 e. The third-order valence-electron chi connectivity index (χ3n) is 6.31. The van der Waals surface area contributed by atoms with Crippen LogP contribution in [0.1, 0.15) is 47.9 Å². The van der Waals surface area contributed by atoms with E-state index >= 15 is 0 Å². The third kappa shape index (κ3) is 2.92. The number of ketones is 1. The number of aromatic nitrogens is 3. The quantitative estimate of drug-likeness (QED) is 0.592. The number of pyridine rings is 1. The number of hydrogen-bond donors (Lipinski definition) is 0. The first-order valence-corrected chi connectivity index (χ1v) is 10.1. The summed E-state index contributed by atoms with van der Waals surface area (Å²) in [5.41, 5.74) is 4.01. The minimum absolute atomic E-state index is 0.107. The van der Waals surface area contributed by atoms with Gasteiger partial charge in [0.2, 0.25) is 0 Å². The van der Waals surface area contributed by atoms with E-state index in [1.807, 2.05) is 29.1 Å². The van der Waals surface area contributed by atoms with Crippen molar-refractivity contribution in [3.63, 3.8) is 0 Å². The van der Waals surface area contributed by atoms with E-state index in [-0.39, 0.29) is 11.6 Å². The molecule has 1 saturated carbocycles. The number of benzene rings is 1. The summed E-state index contributed by atoms with van der Waals surface area (Å²) in [7, 11) is 0. The Bertz CT molecular complexity index is 1100. The van der Waals surface area contributed by atoms with Crippen molar-refractivity contribution in [3.8, 4) is 5.69 Å². The van der Waals surface area contributed by atoms with Gasteiger partial charge in [-0.15, -0.1) is 0 Å². The first-order valence-electron chi connectivity index (χ1n) is 10.1. The predicted molar refractivity (Wildman–Crippen MR) is 109 cm³/mol. The molecule has 0 bridgehead atoms. The van der Waals surface area contributed by atoms with Crippen LogP contribution in [0.3, 0.4) is 0 Å². The summed E-state index contributed by atoms with van der Waals surface area (Å²) in [6.45, 7) is 2.22. The molecule has 0 aliphatic heterocycles. The van der Waals surface area contributed by atoms with Gasteiger partial charge >= 0.3 is 0 Å². The number of hydrogen-bond acceptors (Lipinski definition) is 3. The fourth-order valence-electron chi connectivity index (χ4n) is 4.89. The highest BCUT2D eigenvalue weighted by atomic mass is 19.1. The Morgan fingerprint density at radius 3 is 2.79 bits per heavy atom. The van der Waals surface area contributed by atoms with Gasteiger partial charge in [-0.2, -0.15) is 5.10 Å². The average Bonchev–Trinajstić information content (AvgIpc) is 3.15. The van der Waals surface area contributed by atoms with Gasteiger partial charge in [-0.3, -0.25) is 9.78 Å². The summed E-state index contributed by atoms with van der Waals surface area (Å²) >= 11 is 0. The highest BCUT2D eigenvalue weighted by Crippen LogP contribution is 2.51. The predicted octanol–water partition coefficient (Wildman–Crippen LogP) is 5.04. The number of carbonyl (C=O) groups is 1. The molecule has 0 spiro atoms. The van der Waals surface area contributed by atoms with Crippen LogP contribution < -0.4 is 0 Å². The maximum absolute atomic E-state index is 13.7. The summed E-state index contributed by atoms with van der Waals surface area (Å²) in [4.78, 5) is 18.0. The van der Waals surface area contributed by atoms with Gasteiger partial charge in [0.25, 0.3) is 0 Å². The van der Waals surface area contributed by atoms with Crippen LogP contribution >= 0.6 is 0 Å². The normalized spacial score (nSPS) is 23.1. The maximum atomic E-state index is 13.7. The molecule has 0 amide bonds. The molecule has 5 heteroatoms. The van der Waals surface area contributed by atoms with Crippen LogP contribution in [0.2, 0.25) is 0 Å². The number of Topliss-reactive ketones (excluding diaryl/α,β-unsaturated/α-hetero) is 1. The van der Waals surface area contributed by atoms with Crippen LogP contribution in [-0.4, -0.2) is 20.5 Å². The average molecular weight is 387 g/mol. The van der Waals surface area contributed by atoms with Gasteiger partial charge in [0, 0.05) is 6.20 Å². The van der Waals surface area contributed by atoms with Gasteiger partial charge in [-0.25, -0.2) is 9.07 Å². The Hall–Kier alpha value is -3.08. The highest BCUT2D eigenvalue weighted by Gasteiger charge is 2.48. The van der Waals surface area contributed by atoms with Crippen molar-refractivity contribution >= 4 is 11.9 Å². The molecular formula is C24H22FN3O. The molecule has 2 heterocycles. The van der Waals surface area contributed by atoms with E-state index in [0.29, 0.717) is 18.0 Å². The van der Waals surface area contributed by atoms with Gasteiger partial charge < -0.3 is 0 Å². The molecule has 0 radical (unpaired) electrons. The van der Waals surface area contributed by atoms with Crippen molar-refractivity contribution in [2.75, 3.05) is 0 Å². The van der Waals surface area contributed by atoms with Crippen molar-refractivity contribution in [1.29, 1.82) is 0 Å². The van der Waals surface area contributed by atoms with Gasteiger partial charge in [0.15, 0.2) is 5.78 Å². The van der Waals surface area contributed by atoms with Crippen LogP contribution in [0.25, 0.3) is 11.8 Å². The second-order valence-electron chi connectivity index (χ2n) is 8.26. The van der Waals surface area contributed by atoms with E-state index in [1.54, 1.807) is 18.3 Å². The summed E-state index contributed by atoms with van der Waals surface area (Å²) < 4.78 is 15.2. The van der Waals surface area contributed by atoms with E-state index in [4.69, 9.17) is 0 Å². The lowest BCUT2D eigenvalue weighted by molar-refractivity contribution is 0.0762. The Balaban J connectivity index is 1.61. The van der Waals surface area contributed by atoms with E-state index in [0.717, 1.165) is 36.2 Å². The second kappa shape index (κ2) is 6.76. The van der Waals surface area contributed by atoms with E-state index < -0.39 is 5.41 Å². The summed E-state index contributed by atoms with van der Waals surface area (Å²) in [6.07, 6.45) is 9.10. The Morgan fingerprint density at radius 2 is 2.03 bits per heavy atom. The van der Waals surface area contributed by atoms with Crippen molar-refractivity contribution in [1.82, 2.24) is 14.8 Å². The first-order chi connectivity index (χ1) is 14.1. The van der Waals surface area contributed by atoms with Crippen molar-refractivity contribution in [3.05, 3.63) is 83.2 Å². The third-order valence-corrected chi connectivity index (χ3v) is 6.31. The summed E-state index contributed by atoms with van der Waals surface area (Å²) in [5, 5.41) is 4.56. The van der Waals surface area contributed by atoms with E-state index in [9.17, 15) is 9.18 Å². The zero-order valence-corrected chi connectivity index (χ0v) is 16.3. The molecule has 1 fully saturated rings. The number of rotatable bonds is 3. The fourth-order valence-corrected chi connectivity index (χ4v) is 4.89. The van der Waals surface area contributed by atoms with Gasteiger partial charge in [0.1, 0.15) is 11.5 Å². The van der Waals surface area contributed by atoms with Crippen LogP contribution in [0.5, 0.6) is 0 Å². The molecule has 2 aromatic heterocycles. The lowest BCUT2D eigenvalue weighted by Gasteiger charge is -2.43. The minimum atomic E-state index is -0.546. The van der Waals surface area contributed by atoms with Crippen molar-refractivity contribution < 1.29 is 9.18 Å². The summed E-state index contributed by atoms with van der Waals surface area (Å²) in [6, 6.07) is 11.8. The molecule has 4 nitrogen and oxygen atoms in total. The van der Waals surface area contributed by atoms with E-state index in [2.05, 4.69) is 23.1 Å². The Labute approximate surface area is 169 Å². The number of fused-ring (bicyclic) bond motifs is 2. The second-order valence-corrected chi connectivity index (χ2v) is 8.26. The van der Waals surface area contributed by atoms with Gasteiger partial charge in [-0.1, -0.05) is 18.6 Å². The molecule has 5 rings (SSSR count). The summed E-state index contributed by atoms with van der Waals surface area (Å²) in [5.74, 6) is 0.318. The van der Waals surface area contributed by atoms with Gasteiger partial charge in [-0.05, 0) is 79.6 Å². The minimum Gasteiger partial charge on any atom is -0.291 e. The lowest BCUT2D eigenvalue weighted by atomic mass is 9.59. The van der Waals surface area contributed by atoms with Crippen LogP contribution in [0, 0.1) is 17.2 Å². The molecule has 0 unspecified atom stereocenters. The molecule has 146 valence electrons. The van der Waals surface area contributed by atoms with Crippen molar-refractivity contribution in [2.45, 2.75) is 32.6 Å². The van der Waals surface area contributed by atoms with Crippen molar-refractivity contribution in [2.24, 2.45) is 11.3 Å². The first kappa shape index (κ1) is 18.0. The zero-order chi connectivity index (χ0) is 20.0. The molecule has 0 saturated heterocycles. The SMILES string of the molecule is C[C@H]1CCC2=Cc3c(cnn3-c3ccc(F)cc3)C[C@]2(C(=O)c2ccccn2)C1. The molecule has 3 aromatic rings. The number of nitrogens with zero attached hydrogens (tertiary/aromatic N) is 3. The molecule has 29 heavy (non-hydrogen) atoms. The molecule has 1 aromatic carbocycles. The molecule has 2 aliphatic carbocycles. The van der Waals surface area contributed by atoms with Gasteiger partial charge in [0.05, 0.1) is 23.0 Å². The van der Waals surface area contributed by atoms with E-state index in [1.165, 1.54) is 17.7 Å². The van der Waals surface area contributed by atoms with Crippen LogP contribution in [0.4, 0.5) is 4.39 Å². The topological polar surface area (TPSA) is 47.8 Å². The lowest BCUT2D eigenvalue weighted by Crippen LogP contribution is -2.42.